The maximum Gasteiger partial charge on any atom is 0.320 e. The molecule has 0 saturated heterocycles. The zero-order valence-electron chi connectivity index (χ0n) is 17.4. The van der Waals surface area contributed by atoms with Gasteiger partial charge in [0.15, 0.2) is 5.92 Å². The number of ether oxygens (including phenoxy) is 2. The van der Waals surface area contributed by atoms with Crippen molar-refractivity contribution in [1.82, 2.24) is 0 Å². The van der Waals surface area contributed by atoms with Gasteiger partial charge in [-0.2, -0.15) is 0 Å². The topological polar surface area (TPSA) is 52.6 Å². The van der Waals surface area contributed by atoms with Gasteiger partial charge >= 0.3 is 11.9 Å². The van der Waals surface area contributed by atoms with Gasteiger partial charge in [-0.15, -0.1) is 0 Å². The average molecular weight is 369 g/mol. The average Bonchev–Trinajstić information content (AvgIpc) is 2.62. The van der Waals surface area contributed by atoms with Gasteiger partial charge in [0.1, 0.15) is 0 Å². The van der Waals surface area contributed by atoms with Crippen molar-refractivity contribution in [2.45, 2.75) is 91.9 Å². The minimum Gasteiger partial charge on any atom is -0.465 e. The maximum atomic E-state index is 12.8. The van der Waals surface area contributed by atoms with Crippen molar-refractivity contribution in [1.29, 1.82) is 0 Å². The Bertz CT molecular complexity index is 377. The summed E-state index contributed by atoms with van der Waals surface area (Å²) in [6.45, 7) is 9.25. The molecule has 1 unspecified atom stereocenters. The van der Waals surface area contributed by atoms with Crippen molar-refractivity contribution in [2.75, 3.05) is 13.2 Å². The first-order valence-corrected chi connectivity index (χ1v) is 10.8. The minimum absolute atomic E-state index is 0.0403. The van der Waals surface area contributed by atoms with Crippen LogP contribution in [0.1, 0.15) is 91.9 Å². The largest absolute Gasteiger partial charge is 0.465 e. The van der Waals surface area contributed by atoms with Crippen molar-refractivity contribution < 1.29 is 19.1 Å². The van der Waals surface area contributed by atoms with Crippen LogP contribution in [0.4, 0.5) is 0 Å². The number of hydrogen-bond donors (Lipinski definition) is 0. The zero-order valence-corrected chi connectivity index (χ0v) is 17.4. The summed E-state index contributed by atoms with van der Waals surface area (Å²) in [5.74, 6) is -0.579. The standard InChI is InChI=1S/C22H40O4/c1-5-7-14-25-21(23)20(22(24)26-15-8-6-2)19(16-17(3)4)18-12-10-9-11-13-18/h17-20H,5-16H2,1-4H3. The van der Waals surface area contributed by atoms with E-state index in [9.17, 15) is 9.59 Å². The fourth-order valence-electron chi connectivity index (χ4n) is 3.97. The Balaban J connectivity index is 2.93. The molecule has 1 saturated carbocycles. The smallest absolute Gasteiger partial charge is 0.320 e. The highest BCUT2D eigenvalue weighted by Crippen LogP contribution is 2.38. The van der Waals surface area contributed by atoms with E-state index in [1.807, 2.05) is 0 Å². The third-order valence-electron chi connectivity index (χ3n) is 5.42. The van der Waals surface area contributed by atoms with Crippen LogP contribution in [0, 0.1) is 23.7 Å². The molecule has 0 spiro atoms. The number of hydrogen-bond acceptors (Lipinski definition) is 4. The summed E-state index contributed by atoms with van der Waals surface area (Å²) in [4.78, 5) is 25.7. The molecule has 1 rings (SSSR count). The number of esters is 2. The van der Waals surface area contributed by atoms with Crippen molar-refractivity contribution in [3.8, 4) is 0 Å². The molecule has 0 amide bonds. The van der Waals surface area contributed by atoms with Crippen LogP contribution in [0.15, 0.2) is 0 Å². The molecular formula is C22H40O4. The first-order valence-electron chi connectivity index (χ1n) is 10.8. The van der Waals surface area contributed by atoms with Gasteiger partial charge in [-0.05, 0) is 37.0 Å². The molecule has 0 aromatic rings. The van der Waals surface area contributed by atoms with E-state index in [0.717, 1.165) is 44.9 Å². The molecule has 0 aromatic heterocycles. The molecule has 4 nitrogen and oxygen atoms in total. The minimum atomic E-state index is -0.755. The van der Waals surface area contributed by atoms with Crippen LogP contribution in [-0.2, 0) is 19.1 Å². The van der Waals surface area contributed by atoms with Crippen LogP contribution >= 0.6 is 0 Å². The second-order valence-corrected chi connectivity index (χ2v) is 8.21. The molecule has 1 fully saturated rings. The molecule has 1 aliphatic rings. The van der Waals surface area contributed by atoms with Crippen molar-refractivity contribution in [3.05, 3.63) is 0 Å². The van der Waals surface area contributed by atoms with E-state index in [1.54, 1.807) is 0 Å². The van der Waals surface area contributed by atoms with Crippen LogP contribution in [0.3, 0.4) is 0 Å². The number of unbranched alkanes of at least 4 members (excludes halogenated alkanes) is 2. The highest BCUT2D eigenvalue weighted by atomic mass is 16.6. The second kappa shape index (κ2) is 13.2. The van der Waals surface area contributed by atoms with Crippen LogP contribution in [-0.4, -0.2) is 25.2 Å². The molecule has 0 aliphatic heterocycles. The van der Waals surface area contributed by atoms with Crippen molar-refractivity contribution in [2.24, 2.45) is 23.7 Å². The first-order chi connectivity index (χ1) is 12.5. The summed E-state index contributed by atoms with van der Waals surface area (Å²) in [6, 6.07) is 0. The van der Waals surface area contributed by atoms with Crippen LogP contribution in [0.5, 0.6) is 0 Å². The molecule has 0 aromatic carbocycles. The van der Waals surface area contributed by atoms with E-state index in [4.69, 9.17) is 9.47 Å². The highest BCUT2D eigenvalue weighted by Gasteiger charge is 2.42. The number of carbonyl (C=O) groups excluding carboxylic acids is 2. The number of carbonyl (C=O) groups is 2. The Morgan fingerprint density at radius 2 is 1.38 bits per heavy atom. The maximum absolute atomic E-state index is 12.8. The van der Waals surface area contributed by atoms with E-state index in [1.165, 1.54) is 19.3 Å². The summed E-state index contributed by atoms with van der Waals surface area (Å²) >= 11 is 0. The summed E-state index contributed by atoms with van der Waals surface area (Å²) in [5.41, 5.74) is 0. The molecule has 0 heterocycles. The van der Waals surface area contributed by atoms with Gasteiger partial charge in [0, 0.05) is 0 Å². The highest BCUT2D eigenvalue weighted by molar-refractivity contribution is 5.95. The van der Waals surface area contributed by atoms with Crippen molar-refractivity contribution in [3.63, 3.8) is 0 Å². The summed E-state index contributed by atoms with van der Waals surface area (Å²) in [5, 5.41) is 0. The van der Waals surface area contributed by atoms with Gasteiger partial charge in [-0.3, -0.25) is 9.59 Å². The fourth-order valence-corrected chi connectivity index (χ4v) is 3.97. The Morgan fingerprint density at radius 3 is 1.81 bits per heavy atom. The Labute approximate surface area is 160 Å². The molecule has 26 heavy (non-hydrogen) atoms. The molecule has 0 bridgehead atoms. The van der Waals surface area contributed by atoms with Gasteiger partial charge in [-0.25, -0.2) is 0 Å². The van der Waals surface area contributed by atoms with Gasteiger partial charge in [0.2, 0.25) is 0 Å². The third kappa shape index (κ3) is 8.09. The number of rotatable bonds is 12. The third-order valence-corrected chi connectivity index (χ3v) is 5.42. The first kappa shape index (κ1) is 23.0. The SMILES string of the molecule is CCCCOC(=O)C(C(=O)OCCCC)C(CC(C)C)C1CCCCC1. The van der Waals surface area contributed by atoms with Crippen LogP contribution < -0.4 is 0 Å². The zero-order chi connectivity index (χ0) is 19.4. The lowest BCUT2D eigenvalue weighted by atomic mass is 9.71. The van der Waals surface area contributed by atoms with Crippen molar-refractivity contribution >= 4 is 11.9 Å². The van der Waals surface area contributed by atoms with Gasteiger partial charge in [-0.1, -0.05) is 72.6 Å². The van der Waals surface area contributed by atoms with E-state index in [-0.39, 0.29) is 17.9 Å². The molecular weight excluding hydrogens is 328 g/mol. The lowest BCUT2D eigenvalue weighted by Crippen LogP contribution is -2.39. The molecule has 0 radical (unpaired) electrons. The molecule has 4 heteroatoms. The summed E-state index contributed by atoms with van der Waals surface area (Å²) in [6.07, 6.45) is 10.4. The van der Waals surface area contributed by atoms with Crippen LogP contribution in [0.2, 0.25) is 0 Å². The monoisotopic (exact) mass is 368 g/mol. The lowest BCUT2D eigenvalue weighted by molar-refractivity contribution is -0.167. The summed E-state index contributed by atoms with van der Waals surface area (Å²) in [7, 11) is 0. The van der Waals surface area contributed by atoms with E-state index in [2.05, 4.69) is 27.7 Å². The Morgan fingerprint density at radius 1 is 0.885 bits per heavy atom. The van der Waals surface area contributed by atoms with Gasteiger partial charge in [0.05, 0.1) is 13.2 Å². The quantitative estimate of drug-likeness (QED) is 0.258. The predicted octanol–water partition coefficient (Wildman–Crippen LogP) is 5.53. The van der Waals surface area contributed by atoms with Crippen LogP contribution in [0.25, 0.3) is 0 Å². The van der Waals surface area contributed by atoms with E-state index < -0.39 is 5.92 Å². The molecule has 0 N–H and O–H groups in total. The molecule has 152 valence electrons. The van der Waals surface area contributed by atoms with Gasteiger partial charge in [0.25, 0.3) is 0 Å². The van der Waals surface area contributed by atoms with E-state index in [0.29, 0.717) is 25.0 Å². The fraction of sp³-hybridized carbons (Fsp3) is 0.909. The molecule has 1 aliphatic carbocycles. The van der Waals surface area contributed by atoms with Gasteiger partial charge < -0.3 is 9.47 Å². The Kier molecular flexibility index (Phi) is 11.6. The lowest BCUT2D eigenvalue weighted by Gasteiger charge is -2.35. The second-order valence-electron chi connectivity index (χ2n) is 8.21. The normalized spacial score (nSPS) is 16.7. The molecule has 1 atom stereocenters. The summed E-state index contributed by atoms with van der Waals surface area (Å²) < 4.78 is 11.0. The van der Waals surface area contributed by atoms with E-state index >= 15 is 0 Å². The predicted molar refractivity (Wildman–Crippen MR) is 105 cm³/mol. The Hall–Kier alpha value is -1.06.